The Morgan fingerprint density at radius 2 is 1.02 bits per heavy atom. The third-order valence-electron chi connectivity index (χ3n) is 13.6. The van der Waals surface area contributed by atoms with Crippen LogP contribution in [0.4, 0.5) is 0 Å². The molecule has 8 aliphatic heterocycles. The van der Waals surface area contributed by atoms with Crippen LogP contribution in [0.3, 0.4) is 0 Å². The Hall–Kier alpha value is -0.580. The molecule has 8 heteroatoms. The van der Waals surface area contributed by atoms with Crippen LogP contribution in [0.5, 0.6) is 0 Å². The highest BCUT2D eigenvalue weighted by atomic mass is 17.3. The van der Waals surface area contributed by atoms with E-state index >= 15 is 0 Å². The SMILES string of the molecule is C=C(CC1O[C@H]2O[C@@]3(C)CC[C@H]4[C@H](C)CC[C@@H]([C@H]1C)[C@@]24OO3)CC1O[C@H]2O[C@@]3(C)CC[C@H]4[C@H](C)CC[C@@H]([C@H]1C)[C@@]24OO3. The molecular weight excluding hydrogens is 536 g/mol. The molecule has 2 spiro atoms. The Balaban J connectivity index is 1.01. The molecule has 10 fully saturated rings. The Morgan fingerprint density at radius 3 is 1.45 bits per heavy atom. The van der Waals surface area contributed by atoms with Crippen molar-refractivity contribution in [1.29, 1.82) is 0 Å². The zero-order valence-corrected chi connectivity index (χ0v) is 26.5. The van der Waals surface area contributed by atoms with Crippen LogP contribution < -0.4 is 0 Å². The second-order valence-corrected chi connectivity index (χ2v) is 16.0. The van der Waals surface area contributed by atoms with Crippen molar-refractivity contribution in [2.45, 2.75) is 153 Å². The van der Waals surface area contributed by atoms with Crippen molar-refractivity contribution in [3.63, 3.8) is 0 Å². The third kappa shape index (κ3) is 3.95. The van der Waals surface area contributed by atoms with Crippen LogP contribution >= 0.6 is 0 Å². The van der Waals surface area contributed by atoms with Crippen molar-refractivity contribution in [1.82, 2.24) is 0 Å². The fraction of sp³-hybridized carbons (Fsp3) is 0.941. The molecule has 10 rings (SSSR count). The van der Waals surface area contributed by atoms with Gasteiger partial charge in [0.05, 0.1) is 12.2 Å². The van der Waals surface area contributed by atoms with Crippen LogP contribution in [0.1, 0.15) is 106 Å². The van der Waals surface area contributed by atoms with Gasteiger partial charge in [-0.05, 0) is 101 Å². The predicted molar refractivity (Wildman–Crippen MR) is 152 cm³/mol. The minimum atomic E-state index is -0.753. The van der Waals surface area contributed by atoms with E-state index in [1.807, 2.05) is 13.8 Å². The summed E-state index contributed by atoms with van der Waals surface area (Å²) in [6, 6.07) is 0. The van der Waals surface area contributed by atoms with E-state index in [-0.39, 0.29) is 12.2 Å². The van der Waals surface area contributed by atoms with E-state index in [2.05, 4.69) is 34.3 Å². The topological polar surface area (TPSA) is 73.8 Å². The molecule has 4 bridgehead atoms. The molecule has 0 radical (unpaired) electrons. The van der Waals surface area contributed by atoms with E-state index in [4.69, 9.17) is 38.5 Å². The zero-order chi connectivity index (χ0) is 29.2. The average molecular weight is 589 g/mol. The van der Waals surface area contributed by atoms with Gasteiger partial charge in [0.2, 0.25) is 11.6 Å². The van der Waals surface area contributed by atoms with Gasteiger partial charge in [-0.2, -0.15) is 0 Å². The highest BCUT2D eigenvalue weighted by molar-refractivity contribution is 5.14. The largest absolute Gasteiger partial charge is 0.346 e. The average Bonchev–Trinajstić information content (AvgIpc) is 3.32. The summed E-state index contributed by atoms with van der Waals surface area (Å²) in [7, 11) is 0. The molecule has 8 nitrogen and oxygen atoms in total. The first kappa shape index (κ1) is 28.9. The molecule has 8 saturated heterocycles. The van der Waals surface area contributed by atoms with Crippen LogP contribution in [-0.4, -0.2) is 47.6 Å². The predicted octanol–water partition coefficient (Wildman–Crippen LogP) is 6.82. The lowest BCUT2D eigenvalue weighted by atomic mass is 9.57. The normalized spacial score (nSPS) is 59.8. The summed E-state index contributed by atoms with van der Waals surface area (Å²) in [5, 5.41) is 0. The maximum atomic E-state index is 6.89. The van der Waals surface area contributed by atoms with Gasteiger partial charge in [-0.1, -0.05) is 39.8 Å². The number of rotatable bonds is 4. The molecule has 2 saturated carbocycles. The van der Waals surface area contributed by atoms with E-state index in [1.165, 1.54) is 18.4 Å². The van der Waals surface area contributed by atoms with Crippen LogP contribution in [0.25, 0.3) is 0 Å². The van der Waals surface area contributed by atoms with Crippen LogP contribution in [0.15, 0.2) is 12.2 Å². The monoisotopic (exact) mass is 588 g/mol. The summed E-state index contributed by atoms with van der Waals surface area (Å²) in [6.07, 6.45) is 9.19. The summed E-state index contributed by atoms with van der Waals surface area (Å²) >= 11 is 0. The summed E-state index contributed by atoms with van der Waals surface area (Å²) in [6.45, 7) is 18.0. The molecule has 16 atom stereocenters. The molecule has 0 aromatic heterocycles. The number of hydrogen-bond donors (Lipinski definition) is 0. The lowest BCUT2D eigenvalue weighted by Gasteiger charge is -2.61. The van der Waals surface area contributed by atoms with Gasteiger partial charge in [-0.15, -0.1) is 0 Å². The van der Waals surface area contributed by atoms with Crippen LogP contribution in [0.2, 0.25) is 0 Å². The lowest BCUT2D eigenvalue weighted by molar-refractivity contribution is -0.571. The van der Waals surface area contributed by atoms with Gasteiger partial charge in [-0.3, -0.25) is 0 Å². The van der Waals surface area contributed by atoms with Gasteiger partial charge in [-0.25, -0.2) is 19.6 Å². The number of hydrogen-bond acceptors (Lipinski definition) is 8. The van der Waals surface area contributed by atoms with Crippen molar-refractivity contribution in [3.05, 3.63) is 12.2 Å². The van der Waals surface area contributed by atoms with Gasteiger partial charge in [0, 0.05) is 24.7 Å². The second kappa shape index (κ2) is 9.71. The van der Waals surface area contributed by atoms with Crippen LogP contribution in [-0.2, 0) is 38.5 Å². The molecule has 42 heavy (non-hydrogen) atoms. The van der Waals surface area contributed by atoms with Gasteiger partial charge >= 0.3 is 0 Å². The Kier molecular flexibility index (Phi) is 6.67. The maximum absolute atomic E-state index is 6.89. The third-order valence-corrected chi connectivity index (χ3v) is 13.6. The first-order valence-corrected chi connectivity index (χ1v) is 17.0. The van der Waals surface area contributed by atoms with Crippen molar-refractivity contribution in [3.8, 4) is 0 Å². The lowest BCUT2D eigenvalue weighted by Crippen LogP contribution is -2.70. The second-order valence-electron chi connectivity index (χ2n) is 16.0. The summed E-state index contributed by atoms with van der Waals surface area (Å²) < 4.78 is 27.0. The van der Waals surface area contributed by atoms with Crippen molar-refractivity contribution in [2.75, 3.05) is 0 Å². The van der Waals surface area contributed by atoms with Crippen molar-refractivity contribution >= 4 is 0 Å². The van der Waals surface area contributed by atoms with E-state index < -0.39 is 35.4 Å². The molecule has 0 aromatic carbocycles. The first-order chi connectivity index (χ1) is 20.0. The highest BCUT2D eigenvalue weighted by Gasteiger charge is 2.71. The fourth-order valence-corrected chi connectivity index (χ4v) is 11.1. The van der Waals surface area contributed by atoms with E-state index in [9.17, 15) is 0 Å². The molecule has 0 amide bonds. The van der Waals surface area contributed by atoms with Crippen LogP contribution in [0, 0.1) is 47.3 Å². The number of ether oxygens (including phenoxy) is 4. The van der Waals surface area contributed by atoms with Gasteiger partial charge in [0.25, 0.3) is 0 Å². The standard InChI is InChI=1S/C34H52O8/c1-18(16-27-21(4)25-10-8-19(2)23-12-14-31(6)37-29(35-27)33(23,25)41-39-31)17-28-22(5)26-11-9-20(3)24-13-15-32(7)38-30(36-28)34(24,26)42-40-32/h19-30H,1,8-17H2,2-7H3/t19-,20-,21-,22-,23+,24+,25+,26+,27?,28?,29+,30+,31-,32-,33-,34-/m1/s1. The Labute approximate surface area is 251 Å². The van der Waals surface area contributed by atoms with Crippen molar-refractivity contribution in [2.24, 2.45) is 47.3 Å². The minimum absolute atomic E-state index is 0.0182. The smallest absolute Gasteiger partial charge is 0.201 e. The van der Waals surface area contributed by atoms with Gasteiger partial charge < -0.3 is 18.9 Å². The molecule has 2 aliphatic carbocycles. The first-order valence-electron chi connectivity index (χ1n) is 17.0. The molecule has 0 aromatic rings. The van der Waals surface area contributed by atoms with Gasteiger partial charge in [0.15, 0.2) is 23.8 Å². The molecular formula is C34H52O8. The van der Waals surface area contributed by atoms with E-state index in [1.54, 1.807) is 0 Å². The highest BCUT2D eigenvalue weighted by Crippen LogP contribution is 2.63. The summed E-state index contributed by atoms with van der Waals surface area (Å²) in [4.78, 5) is 24.7. The fourth-order valence-electron chi connectivity index (χ4n) is 11.1. The van der Waals surface area contributed by atoms with Gasteiger partial charge in [0.1, 0.15) is 0 Å². The van der Waals surface area contributed by atoms with E-state index in [0.717, 1.165) is 51.4 Å². The minimum Gasteiger partial charge on any atom is -0.346 e. The maximum Gasteiger partial charge on any atom is 0.201 e. The molecule has 0 N–H and O–H groups in total. The Bertz CT molecular complexity index is 1020. The van der Waals surface area contributed by atoms with Crippen molar-refractivity contribution < 1.29 is 38.5 Å². The molecule has 8 heterocycles. The number of fused-ring (bicyclic) bond motifs is 4. The zero-order valence-electron chi connectivity index (χ0n) is 26.5. The molecule has 2 unspecified atom stereocenters. The van der Waals surface area contributed by atoms with E-state index in [0.29, 0.717) is 47.3 Å². The quantitative estimate of drug-likeness (QED) is 0.262. The summed E-state index contributed by atoms with van der Waals surface area (Å²) in [5.74, 6) is 1.66. The molecule has 10 aliphatic rings. The summed E-state index contributed by atoms with van der Waals surface area (Å²) in [5.41, 5.74) is 0.119. The molecule has 236 valence electrons. The Morgan fingerprint density at radius 1 is 0.595 bits per heavy atom.